The Balaban J connectivity index is 2.05. The fourth-order valence-electron chi connectivity index (χ4n) is 1.68. The summed E-state index contributed by atoms with van der Waals surface area (Å²) in [5, 5.41) is 7.24. The summed E-state index contributed by atoms with van der Waals surface area (Å²) in [4.78, 5) is 23.2. The lowest BCUT2D eigenvalue weighted by atomic mass is 10.1. The van der Waals surface area contributed by atoms with Crippen molar-refractivity contribution in [2.45, 2.75) is 19.9 Å². The maximum Gasteiger partial charge on any atom is 0.248 e. The Labute approximate surface area is 121 Å². The topological polar surface area (TPSA) is 64.0 Å². The summed E-state index contributed by atoms with van der Waals surface area (Å²) in [5.41, 5.74) is 1.24. The normalized spacial score (nSPS) is 11.9. The van der Waals surface area contributed by atoms with Crippen LogP contribution in [0.25, 0.3) is 0 Å². The summed E-state index contributed by atoms with van der Waals surface area (Å²) < 4.78 is 1.49. The molecular formula is C14H14ClN3O2. The second kappa shape index (κ2) is 5.88. The number of benzene rings is 1. The minimum absolute atomic E-state index is 0.0116. The third-order valence-corrected chi connectivity index (χ3v) is 3.10. The number of amides is 1. The van der Waals surface area contributed by atoms with Gasteiger partial charge in [0.15, 0.2) is 5.78 Å². The van der Waals surface area contributed by atoms with Crippen LogP contribution in [0, 0.1) is 0 Å². The second-order valence-electron chi connectivity index (χ2n) is 4.44. The van der Waals surface area contributed by atoms with Crippen molar-refractivity contribution in [1.29, 1.82) is 0 Å². The van der Waals surface area contributed by atoms with Crippen LogP contribution in [-0.4, -0.2) is 21.5 Å². The van der Waals surface area contributed by atoms with E-state index >= 15 is 0 Å². The van der Waals surface area contributed by atoms with E-state index in [2.05, 4.69) is 10.4 Å². The van der Waals surface area contributed by atoms with Crippen LogP contribution >= 0.6 is 11.6 Å². The van der Waals surface area contributed by atoms with E-state index in [4.69, 9.17) is 11.6 Å². The van der Waals surface area contributed by atoms with Crippen LogP contribution in [-0.2, 0) is 4.79 Å². The van der Waals surface area contributed by atoms with Gasteiger partial charge in [-0.2, -0.15) is 5.10 Å². The lowest BCUT2D eigenvalue weighted by Crippen LogP contribution is -2.23. The van der Waals surface area contributed by atoms with Crippen LogP contribution in [0.1, 0.15) is 30.2 Å². The molecule has 1 atom stereocenters. The maximum absolute atomic E-state index is 12.1. The highest BCUT2D eigenvalue weighted by atomic mass is 35.5. The molecule has 1 unspecified atom stereocenters. The van der Waals surface area contributed by atoms with E-state index < -0.39 is 6.04 Å². The number of halogens is 1. The number of nitrogens with one attached hydrogen (secondary N) is 1. The van der Waals surface area contributed by atoms with Gasteiger partial charge in [0.2, 0.25) is 5.91 Å². The number of carbonyl (C=O) groups excluding carboxylic acids is 2. The van der Waals surface area contributed by atoms with Gasteiger partial charge in [0.05, 0.1) is 11.2 Å². The number of carbonyl (C=O) groups is 2. The first-order valence-corrected chi connectivity index (χ1v) is 6.46. The third-order valence-electron chi connectivity index (χ3n) is 2.91. The van der Waals surface area contributed by atoms with E-state index in [1.54, 1.807) is 37.4 Å². The Bertz CT molecular complexity index is 634. The summed E-state index contributed by atoms with van der Waals surface area (Å²) in [5.74, 6) is -0.220. The minimum atomic E-state index is -0.477. The van der Waals surface area contributed by atoms with Gasteiger partial charge in [-0.15, -0.1) is 0 Å². The summed E-state index contributed by atoms with van der Waals surface area (Å²) in [6.45, 7) is 3.22. The molecule has 6 heteroatoms. The molecule has 0 saturated carbocycles. The van der Waals surface area contributed by atoms with Crippen molar-refractivity contribution in [3.05, 3.63) is 47.2 Å². The van der Waals surface area contributed by atoms with Crippen molar-refractivity contribution in [2.24, 2.45) is 0 Å². The molecule has 0 spiro atoms. The van der Waals surface area contributed by atoms with Crippen LogP contribution in [0.2, 0.25) is 5.02 Å². The van der Waals surface area contributed by atoms with Gasteiger partial charge >= 0.3 is 0 Å². The molecular weight excluding hydrogens is 278 g/mol. The molecule has 0 saturated heterocycles. The quantitative estimate of drug-likeness (QED) is 0.881. The number of aromatic nitrogens is 2. The molecule has 1 heterocycles. The van der Waals surface area contributed by atoms with Crippen molar-refractivity contribution >= 4 is 29.0 Å². The van der Waals surface area contributed by atoms with Crippen molar-refractivity contribution < 1.29 is 9.59 Å². The number of anilines is 1. The van der Waals surface area contributed by atoms with Gasteiger partial charge < -0.3 is 5.32 Å². The lowest BCUT2D eigenvalue weighted by Gasteiger charge is -2.12. The van der Waals surface area contributed by atoms with Crippen LogP contribution in [0.5, 0.6) is 0 Å². The van der Waals surface area contributed by atoms with Crippen LogP contribution in [0.4, 0.5) is 5.69 Å². The molecule has 5 nitrogen and oxygen atoms in total. The Morgan fingerprint density at radius 2 is 1.95 bits per heavy atom. The summed E-state index contributed by atoms with van der Waals surface area (Å²) >= 11 is 5.77. The highest BCUT2D eigenvalue weighted by Crippen LogP contribution is 2.15. The zero-order valence-electron chi connectivity index (χ0n) is 11.1. The maximum atomic E-state index is 12.1. The molecule has 1 N–H and O–H groups in total. The summed E-state index contributed by atoms with van der Waals surface area (Å²) in [6.07, 6.45) is 3.07. The highest BCUT2D eigenvalue weighted by molar-refractivity contribution is 6.30. The van der Waals surface area contributed by atoms with E-state index in [1.165, 1.54) is 17.8 Å². The van der Waals surface area contributed by atoms with E-state index in [1.807, 2.05) is 0 Å². The summed E-state index contributed by atoms with van der Waals surface area (Å²) in [7, 11) is 0. The largest absolute Gasteiger partial charge is 0.324 e. The number of hydrogen-bond donors (Lipinski definition) is 1. The average Bonchev–Trinajstić information content (AvgIpc) is 2.85. The molecule has 2 aromatic rings. The second-order valence-corrected chi connectivity index (χ2v) is 4.87. The fourth-order valence-corrected chi connectivity index (χ4v) is 1.83. The zero-order valence-corrected chi connectivity index (χ0v) is 11.9. The first-order chi connectivity index (χ1) is 9.47. The molecule has 0 aliphatic carbocycles. The van der Waals surface area contributed by atoms with Crippen LogP contribution in [0.15, 0.2) is 36.7 Å². The molecule has 0 aliphatic heterocycles. The van der Waals surface area contributed by atoms with Crippen molar-refractivity contribution in [3.8, 4) is 0 Å². The average molecular weight is 292 g/mol. The van der Waals surface area contributed by atoms with Gasteiger partial charge in [0.25, 0.3) is 0 Å². The lowest BCUT2D eigenvalue weighted by molar-refractivity contribution is -0.119. The van der Waals surface area contributed by atoms with Crippen LogP contribution < -0.4 is 5.32 Å². The van der Waals surface area contributed by atoms with E-state index in [0.29, 0.717) is 16.3 Å². The molecule has 1 aromatic heterocycles. The van der Waals surface area contributed by atoms with Gasteiger partial charge in [-0.25, -0.2) is 0 Å². The van der Waals surface area contributed by atoms with Crippen LogP contribution in [0.3, 0.4) is 0 Å². The Hall–Kier alpha value is -2.14. The predicted octanol–water partition coefficient (Wildman–Crippen LogP) is 2.94. The monoisotopic (exact) mass is 291 g/mol. The van der Waals surface area contributed by atoms with Crippen molar-refractivity contribution in [1.82, 2.24) is 9.78 Å². The highest BCUT2D eigenvalue weighted by Gasteiger charge is 2.16. The van der Waals surface area contributed by atoms with Gasteiger partial charge in [-0.3, -0.25) is 14.3 Å². The number of hydrogen-bond acceptors (Lipinski definition) is 3. The number of Topliss-reactive ketones (excluding diaryl/α,β-unsaturated/α-hetero) is 1. The van der Waals surface area contributed by atoms with E-state index in [-0.39, 0.29) is 11.7 Å². The number of ketones is 1. The molecule has 1 aromatic carbocycles. The Morgan fingerprint density at radius 3 is 2.45 bits per heavy atom. The van der Waals surface area contributed by atoms with E-state index in [0.717, 1.165) is 0 Å². The first kappa shape index (κ1) is 14.3. The SMILES string of the molecule is CC(=O)c1ccc(NC(=O)C(C)n2cc(Cl)cn2)cc1. The zero-order chi connectivity index (χ0) is 14.7. The van der Waals surface area contributed by atoms with Gasteiger partial charge in [-0.05, 0) is 38.1 Å². The standard InChI is InChI=1S/C14H14ClN3O2/c1-9(18-8-12(15)7-16-18)14(20)17-13-5-3-11(4-6-13)10(2)19/h3-9H,1-2H3,(H,17,20). The molecule has 20 heavy (non-hydrogen) atoms. The van der Waals surface area contributed by atoms with Gasteiger partial charge in [0.1, 0.15) is 6.04 Å². The Kier molecular flexibility index (Phi) is 4.20. The molecule has 104 valence electrons. The molecule has 0 aliphatic rings. The molecule has 0 bridgehead atoms. The smallest absolute Gasteiger partial charge is 0.248 e. The van der Waals surface area contributed by atoms with Gasteiger partial charge in [0, 0.05) is 17.4 Å². The molecule has 0 fully saturated rings. The van der Waals surface area contributed by atoms with Crippen molar-refractivity contribution in [3.63, 3.8) is 0 Å². The summed E-state index contributed by atoms with van der Waals surface area (Å²) in [6, 6.07) is 6.25. The van der Waals surface area contributed by atoms with Gasteiger partial charge in [-0.1, -0.05) is 11.6 Å². The molecule has 1 amide bonds. The molecule has 0 radical (unpaired) electrons. The fraction of sp³-hybridized carbons (Fsp3) is 0.214. The third kappa shape index (κ3) is 3.24. The predicted molar refractivity (Wildman–Crippen MR) is 77.0 cm³/mol. The minimum Gasteiger partial charge on any atom is -0.324 e. The van der Waals surface area contributed by atoms with E-state index in [9.17, 15) is 9.59 Å². The number of nitrogens with zero attached hydrogens (tertiary/aromatic N) is 2. The van der Waals surface area contributed by atoms with Crippen molar-refractivity contribution in [2.75, 3.05) is 5.32 Å². The number of rotatable bonds is 4. The molecule has 2 rings (SSSR count). The Morgan fingerprint density at radius 1 is 1.30 bits per heavy atom. The first-order valence-electron chi connectivity index (χ1n) is 6.09.